The second-order valence-electron chi connectivity index (χ2n) is 4.95. The number of halogens is 4. The van der Waals surface area contributed by atoms with E-state index in [2.05, 4.69) is 21.1 Å². The van der Waals surface area contributed by atoms with Crippen molar-refractivity contribution in [3.63, 3.8) is 0 Å². The molecule has 1 aliphatic rings. The zero-order valence-electron chi connectivity index (χ0n) is 11.1. The van der Waals surface area contributed by atoms with Gasteiger partial charge < -0.3 is 15.8 Å². The normalized spacial score (nSPS) is 20.7. The Morgan fingerprint density at radius 2 is 2.14 bits per heavy atom. The first-order chi connectivity index (χ1) is 9.84. The number of piperidine rings is 1. The van der Waals surface area contributed by atoms with Crippen LogP contribution in [0.4, 0.5) is 18.9 Å². The number of nitrogens with zero attached hydrogens (tertiary/aromatic N) is 2. The van der Waals surface area contributed by atoms with E-state index in [-0.39, 0.29) is 18.8 Å². The molecule has 1 heterocycles. The molecule has 2 rings (SSSR count). The fourth-order valence-corrected chi connectivity index (χ4v) is 3.10. The van der Waals surface area contributed by atoms with E-state index < -0.39 is 12.1 Å². The third-order valence-corrected chi connectivity index (χ3v) is 4.24. The van der Waals surface area contributed by atoms with Gasteiger partial charge in [0, 0.05) is 23.2 Å². The second kappa shape index (κ2) is 6.13. The highest BCUT2D eigenvalue weighted by atomic mass is 79.9. The first-order valence-corrected chi connectivity index (χ1v) is 7.22. The minimum atomic E-state index is -4.21. The zero-order valence-corrected chi connectivity index (χ0v) is 12.7. The molecule has 8 heteroatoms. The highest BCUT2D eigenvalue weighted by molar-refractivity contribution is 9.10. The van der Waals surface area contributed by atoms with Crippen LogP contribution >= 0.6 is 15.9 Å². The van der Waals surface area contributed by atoms with Crippen LogP contribution in [0.1, 0.15) is 18.4 Å². The fraction of sp³-hybridized carbons (Fsp3) is 0.462. The van der Waals surface area contributed by atoms with Gasteiger partial charge in [0.05, 0.1) is 11.5 Å². The molecule has 0 saturated carbocycles. The molecular formula is C13H15BrF3N3O. The Labute approximate surface area is 128 Å². The number of oxime groups is 1. The Morgan fingerprint density at radius 1 is 1.43 bits per heavy atom. The second-order valence-corrected chi connectivity index (χ2v) is 5.80. The smallest absolute Gasteiger partial charge is 0.393 e. The quantitative estimate of drug-likeness (QED) is 0.365. The summed E-state index contributed by atoms with van der Waals surface area (Å²) in [6.07, 6.45) is -3.62. The summed E-state index contributed by atoms with van der Waals surface area (Å²) in [6, 6.07) is 5.09. The number of rotatable bonds is 2. The van der Waals surface area contributed by atoms with Crippen LogP contribution in [-0.4, -0.2) is 30.3 Å². The van der Waals surface area contributed by atoms with Gasteiger partial charge >= 0.3 is 6.18 Å². The zero-order chi connectivity index (χ0) is 15.6. The van der Waals surface area contributed by atoms with E-state index in [0.717, 1.165) is 0 Å². The molecule has 0 aliphatic carbocycles. The molecular weight excluding hydrogens is 351 g/mol. The van der Waals surface area contributed by atoms with Crippen LogP contribution < -0.4 is 10.6 Å². The Bertz CT molecular complexity index is 548. The van der Waals surface area contributed by atoms with Gasteiger partial charge in [-0.2, -0.15) is 13.2 Å². The van der Waals surface area contributed by atoms with Crippen LogP contribution in [0.15, 0.2) is 27.8 Å². The monoisotopic (exact) mass is 365 g/mol. The molecule has 1 aromatic rings. The highest BCUT2D eigenvalue weighted by Crippen LogP contribution is 2.36. The van der Waals surface area contributed by atoms with E-state index in [4.69, 9.17) is 10.9 Å². The molecule has 4 nitrogen and oxygen atoms in total. The summed E-state index contributed by atoms with van der Waals surface area (Å²) in [5.74, 6) is -1.49. The standard InChI is InChI=1S/C13H15BrF3N3O/c14-9-4-1-5-10(11(9)12(18)19-21)20-6-2-3-8(7-20)13(15,16)17/h1,4-5,8,21H,2-3,6-7H2,(H2,18,19). The summed E-state index contributed by atoms with van der Waals surface area (Å²) in [5.41, 5.74) is 6.59. The maximum absolute atomic E-state index is 12.9. The van der Waals surface area contributed by atoms with Crippen molar-refractivity contribution in [2.45, 2.75) is 19.0 Å². The molecule has 0 spiro atoms. The molecule has 3 N–H and O–H groups in total. The summed E-state index contributed by atoms with van der Waals surface area (Å²) in [4.78, 5) is 1.64. The van der Waals surface area contributed by atoms with Crippen molar-refractivity contribution >= 4 is 27.5 Å². The number of hydrogen-bond acceptors (Lipinski definition) is 3. The topological polar surface area (TPSA) is 61.9 Å². The molecule has 1 aliphatic heterocycles. The number of alkyl halides is 3. The molecule has 1 atom stereocenters. The number of hydrogen-bond donors (Lipinski definition) is 2. The average molecular weight is 366 g/mol. The Hall–Kier alpha value is -1.44. The number of anilines is 1. The molecule has 0 amide bonds. The Balaban J connectivity index is 2.36. The van der Waals surface area contributed by atoms with Crippen LogP contribution in [0.25, 0.3) is 0 Å². The van der Waals surface area contributed by atoms with E-state index in [1.807, 2.05) is 0 Å². The van der Waals surface area contributed by atoms with Crippen LogP contribution in [0.5, 0.6) is 0 Å². The maximum Gasteiger partial charge on any atom is 0.393 e. The van der Waals surface area contributed by atoms with Gasteiger partial charge in [-0.05, 0) is 40.9 Å². The van der Waals surface area contributed by atoms with Gasteiger partial charge in [-0.15, -0.1) is 0 Å². The molecule has 1 saturated heterocycles. The van der Waals surface area contributed by atoms with Crippen LogP contribution in [-0.2, 0) is 0 Å². The summed E-state index contributed by atoms with van der Waals surface area (Å²) in [7, 11) is 0. The molecule has 1 fully saturated rings. The molecule has 0 bridgehead atoms. The number of benzene rings is 1. The van der Waals surface area contributed by atoms with Crippen molar-refractivity contribution in [1.82, 2.24) is 0 Å². The van der Waals surface area contributed by atoms with E-state index in [9.17, 15) is 13.2 Å². The van der Waals surface area contributed by atoms with E-state index >= 15 is 0 Å². The lowest BCUT2D eigenvalue weighted by molar-refractivity contribution is -0.175. The van der Waals surface area contributed by atoms with Crippen molar-refractivity contribution in [2.24, 2.45) is 16.8 Å². The van der Waals surface area contributed by atoms with Crippen molar-refractivity contribution in [3.8, 4) is 0 Å². The van der Waals surface area contributed by atoms with Crippen LogP contribution in [0, 0.1) is 5.92 Å². The summed E-state index contributed by atoms with van der Waals surface area (Å²) >= 11 is 3.29. The van der Waals surface area contributed by atoms with Gasteiger partial charge in [-0.3, -0.25) is 0 Å². The van der Waals surface area contributed by atoms with Crippen LogP contribution in [0.3, 0.4) is 0 Å². The molecule has 1 aromatic carbocycles. The number of nitrogens with two attached hydrogens (primary N) is 1. The van der Waals surface area contributed by atoms with Gasteiger partial charge in [0.1, 0.15) is 0 Å². The maximum atomic E-state index is 12.9. The molecule has 0 aromatic heterocycles. The summed E-state index contributed by atoms with van der Waals surface area (Å²) < 4.78 is 39.3. The fourth-order valence-electron chi connectivity index (χ4n) is 2.54. The van der Waals surface area contributed by atoms with E-state index in [1.54, 1.807) is 23.1 Å². The lowest BCUT2D eigenvalue weighted by Crippen LogP contribution is -2.42. The number of amidine groups is 1. The lowest BCUT2D eigenvalue weighted by atomic mass is 9.96. The van der Waals surface area contributed by atoms with E-state index in [0.29, 0.717) is 28.7 Å². The van der Waals surface area contributed by atoms with E-state index in [1.165, 1.54) is 0 Å². The summed E-state index contributed by atoms with van der Waals surface area (Å²) in [6.45, 7) is 0.389. The summed E-state index contributed by atoms with van der Waals surface area (Å²) in [5, 5.41) is 11.8. The Morgan fingerprint density at radius 3 is 2.76 bits per heavy atom. The molecule has 0 radical (unpaired) electrons. The van der Waals surface area contributed by atoms with Gasteiger partial charge in [-0.25, -0.2) is 0 Å². The van der Waals surface area contributed by atoms with Crippen molar-refractivity contribution in [3.05, 3.63) is 28.2 Å². The van der Waals surface area contributed by atoms with Gasteiger partial charge in [0.2, 0.25) is 0 Å². The third kappa shape index (κ3) is 3.42. The first-order valence-electron chi connectivity index (χ1n) is 6.42. The SMILES string of the molecule is N/C(=N/O)c1c(Br)cccc1N1CCCC(C(F)(F)F)C1. The molecule has 1 unspecified atom stereocenters. The average Bonchev–Trinajstić information content (AvgIpc) is 2.45. The predicted octanol–water partition coefficient (Wildman–Crippen LogP) is 3.32. The van der Waals surface area contributed by atoms with Crippen LogP contribution in [0.2, 0.25) is 0 Å². The third-order valence-electron chi connectivity index (χ3n) is 3.58. The van der Waals surface area contributed by atoms with Gasteiger partial charge in [0.15, 0.2) is 5.84 Å². The lowest BCUT2D eigenvalue weighted by Gasteiger charge is -2.36. The molecule has 21 heavy (non-hydrogen) atoms. The molecule has 116 valence electrons. The van der Waals surface area contributed by atoms with Crippen molar-refractivity contribution in [1.29, 1.82) is 0 Å². The van der Waals surface area contributed by atoms with Crippen molar-refractivity contribution in [2.75, 3.05) is 18.0 Å². The minimum Gasteiger partial charge on any atom is -0.409 e. The predicted molar refractivity (Wildman–Crippen MR) is 77.6 cm³/mol. The van der Waals surface area contributed by atoms with Gasteiger partial charge in [0.25, 0.3) is 0 Å². The largest absolute Gasteiger partial charge is 0.409 e. The minimum absolute atomic E-state index is 0.119. The van der Waals surface area contributed by atoms with Crippen molar-refractivity contribution < 1.29 is 18.4 Å². The first kappa shape index (κ1) is 15.9. The van der Waals surface area contributed by atoms with Gasteiger partial charge in [-0.1, -0.05) is 11.2 Å². The Kier molecular flexibility index (Phi) is 4.65. The highest BCUT2D eigenvalue weighted by Gasteiger charge is 2.42.